The first kappa shape index (κ1) is 23.9. The van der Waals surface area contributed by atoms with Gasteiger partial charge in [-0.15, -0.1) is 24.0 Å². The number of halogens is 1. The number of anilines is 1. The molecule has 2 aliphatic heterocycles. The quantitative estimate of drug-likeness (QED) is 0.286. The van der Waals surface area contributed by atoms with Crippen molar-refractivity contribution in [3.05, 3.63) is 29.8 Å². The standard InChI is InChI=1S/C19H29N5O3S.HI/c1-2-20-19(21-7-8-24-9-11-28(26,27)12-10-24)22-14-15-13-18(25)23-17-6-4-3-5-16(15)17;/h3-6,15H,2,7-14H2,1H3,(H,23,25)(H2,20,21,22);1H. The molecular weight excluding hydrogens is 505 g/mol. The fourth-order valence-electron chi connectivity index (χ4n) is 3.51. The van der Waals surface area contributed by atoms with Crippen molar-refractivity contribution >= 4 is 51.4 Å². The summed E-state index contributed by atoms with van der Waals surface area (Å²) in [5.74, 6) is 1.29. The number of hydrogen-bond donors (Lipinski definition) is 3. The van der Waals surface area contributed by atoms with Gasteiger partial charge < -0.3 is 16.0 Å². The van der Waals surface area contributed by atoms with E-state index in [1.807, 2.05) is 31.2 Å². The number of aliphatic imine (C=N–C) groups is 1. The molecule has 0 spiro atoms. The molecule has 2 heterocycles. The minimum Gasteiger partial charge on any atom is -0.357 e. The molecule has 2 aliphatic rings. The van der Waals surface area contributed by atoms with Crippen LogP contribution in [0.25, 0.3) is 0 Å². The highest BCUT2D eigenvalue weighted by molar-refractivity contribution is 14.0. The molecule has 0 aliphatic carbocycles. The van der Waals surface area contributed by atoms with E-state index >= 15 is 0 Å². The Kier molecular flexibility index (Phi) is 9.15. The Hall–Kier alpha value is -1.40. The number of carbonyl (C=O) groups excluding carboxylic acids is 1. The smallest absolute Gasteiger partial charge is 0.225 e. The van der Waals surface area contributed by atoms with Gasteiger partial charge in [-0.2, -0.15) is 0 Å². The maximum Gasteiger partial charge on any atom is 0.225 e. The molecule has 0 bridgehead atoms. The average molecular weight is 535 g/mol. The number of carbonyl (C=O) groups is 1. The van der Waals surface area contributed by atoms with Gasteiger partial charge in [-0.3, -0.25) is 14.7 Å². The van der Waals surface area contributed by atoms with Crippen molar-refractivity contribution in [1.82, 2.24) is 15.5 Å². The van der Waals surface area contributed by atoms with E-state index in [0.29, 0.717) is 32.6 Å². The zero-order chi connectivity index (χ0) is 20.0. The van der Waals surface area contributed by atoms with Crippen LogP contribution >= 0.6 is 24.0 Å². The fraction of sp³-hybridized carbons (Fsp3) is 0.579. The van der Waals surface area contributed by atoms with Gasteiger partial charge in [0, 0.05) is 50.7 Å². The van der Waals surface area contributed by atoms with Gasteiger partial charge in [0.1, 0.15) is 0 Å². The van der Waals surface area contributed by atoms with Crippen LogP contribution in [-0.2, 0) is 14.6 Å². The lowest BCUT2D eigenvalue weighted by atomic mass is 9.91. The largest absolute Gasteiger partial charge is 0.357 e. The minimum absolute atomic E-state index is 0. The van der Waals surface area contributed by atoms with Crippen molar-refractivity contribution < 1.29 is 13.2 Å². The van der Waals surface area contributed by atoms with Gasteiger partial charge in [0.05, 0.1) is 18.1 Å². The van der Waals surface area contributed by atoms with Gasteiger partial charge in [-0.25, -0.2) is 8.42 Å². The summed E-state index contributed by atoms with van der Waals surface area (Å²) in [6.45, 7) is 5.92. The maximum atomic E-state index is 12.0. The molecule has 1 unspecified atom stereocenters. The van der Waals surface area contributed by atoms with E-state index in [1.54, 1.807) is 0 Å². The van der Waals surface area contributed by atoms with Crippen LogP contribution in [0.5, 0.6) is 0 Å². The average Bonchev–Trinajstić information content (AvgIpc) is 2.67. The molecule has 0 radical (unpaired) electrons. The summed E-state index contributed by atoms with van der Waals surface area (Å²) in [6.07, 6.45) is 0.433. The number of guanidine groups is 1. The van der Waals surface area contributed by atoms with E-state index in [-0.39, 0.29) is 47.3 Å². The molecule has 1 saturated heterocycles. The Morgan fingerprint density at radius 2 is 1.97 bits per heavy atom. The molecule has 10 heteroatoms. The Bertz CT molecular complexity index is 817. The van der Waals surface area contributed by atoms with E-state index in [1.165, 1.54) is 0 Å². The molecule has 8 nitrogen and oxygen atoms in total. The highest BCUT2D eigenvalue weighted by atomic mass is 127. The molecule has 162 valence electrons. The second-order valence-electron chi connectivity index (χ2n) is 7.18. The summed E-state index contributed by atoms with van der Waals surface area (Å²) in [7, 11) is -2.85. The third-order valence-electron chi connectivity index (χ3n) is 5.08. The minimum atomic E-state index is -2.85. The molecular formula is C19H30IN5O3S. The van der Waals surface area contributed by atoms with Crippen molar-refractivity contribution in [3.8, 4) is 0 Å². The Labute approximate surface area is 189 Å². The molecule has 29 heavy (non-hydrogen) atoms. The summed E-state index contributed by atoms with van der Waals surface area (Å²) in [5, 5.41) is 9.45. The van der Waals surface area contributed by atoms with Crippen LogP contribution < -0.4 is 16.0 Å². The third kappa shape index (κ3) is 7.10. The number of rotatable bonds is 6. The number of amides is 1. The topological polar surface area (TPSA) is 103 Å². The first-order valence-corrected chi connectivity index (χ1v) is 11.6. The van der Waals surface area contributed by atoms with Crippen molar-refractivity contribution in [2.45, 2.75) is 19.3 Å². The number of sulfone groups is 1. The van der Waals surface area contributed by atoms with Crippen LogP contribution in [0.15, 0.2) is 29.3 Å². The monoisotopic (exact) mass is 535 g/mol. The number of fused-ring (bicyclic) bond motifs is 1. The highest BCUT2D eigenvalue weighted by Gasteiger charge is 2.24. The number of nitrogens with one attached hydrogen (secondary N) is 3. The van der Waals surface area contributed by atoms with Crippen LogP contribution in [0.3, 0.4) is 0 Å². The first-order chi connectivity index (χ1) is 13.5. The number of nitrogens with zero attached hydrogens (tertiary/aromatic N) is 2. The Morgan fingerprint density at radius 3 is 2.69 bits per heavy atom. The number of benzene rings is 1. The Morgan fingerprint density at radius 1 is 1.24 bits per heavy atom. The van der Waals surface area contributed by atoms with Gasteiger partial charge in [0.15, 0.2) is 15.8 Å². The lowest BCUT2D eigenvalue weighted by Gasteiger charge is -2.27. The predicted octanol–water partition coefficient (Wildman–Crippen LogP) is 1.02. The second-order valence-corrected chi connectivity index (χ2v) is 9.48. The van der Waals surface area contributed by atoms with Crippen LogP contribution in [0.2, 0.25) is 0 Å². The van der Waals surface area contributed by atoms with Crippen molar-refractivity contribution in [3.63, 3.8) is 0 Å². The SMILES string of the molecule is CCNC(=NCC1CC(=O)Nc2ccccc21)NCCN1CCS(=O)(=O)CC1.I. The van der Waals surface area contributed by atoms with Gasteiger partial charge in [0.2, 0.25) is 5.91 Å². The molecule has 3 rings (SSSR count). The molecule has 1 aromatic rings. The van der Waals surface area contributed by atoms with E-state index in [0.717, 1.165) is 30.3 Å². The van der Waals surface area contributed by atoms with Gasteiger partial charge >= 0.3 is 0 Å². The number of hydrogen-bond acceptors (Lipinski definition) is 5. The lowest BCUT2D eigenvalue weighted by molar-refractivity contribution is -0.116. The number of para-hydroxylation sites is 1. The molecule has 1 amide bonds. The van der Waals surface area contributed by atoms with Crippen LogP contribution in [-0.4, -0.2) is 76.0 Å². The third-order valence-corrected chi connectivity index (χ3v) is 6.69. The van der Waals surface area contributed by atoms with Crippen molar-refractivity contribution in [1.29, 1.82) is 0 Å². The molecule has 1 aromatic carbocycles. The summed E-state index contributed by atoms with van der Waals surface area (Å²) in [4.78, 5) is 18.8. The molecule has 1 atom stereocenters. The summed E-state index contributed by atoms with van der Waals surface area (Å²) in [6, 6.07) is 7.86. The fourth-order valence-corrected chi connectivity index (χ4v) is 4.79. The zero-order valence-electron chi connectivity index (χ0n) is 16.7. The predicted molar refractivity (Wildman–Crippen MR) is 127 cm³/mol. The maximum absolute atomic E-state index is 12.0. The summed E-state index contributed by atoms with van der Waals surface area (Å²) >= 11 is 0. The first-order valence-electron chi connectivity index (χ1n) is 9.80. The molecule has 1 fully saturated rings. The lowest BCUT2D eigenvalue weighted by Crippen LogP contribution is -2.46. The van der Waals surface area contributed by atoms with Crippen molar-refractivity contribution in [2.24, 2.45) is 4.99 Å². The van der Waals surface area contributed by atoms with E-state index in [9.17, 15) is 13.2 Å². The molecule has 0 aromatic heterocycles. The van der Waals surface area contributed by atoms with Crippen LogP contribution in [0.4, 0.5) is 5.69 Å². The Balaban J connectivity index is 0.00000300. The second kappa shape index (κ2) is 11.1. The normalized spacial score (nSPS) is 21.5. The van der Waals surface area contributed by atoms with Crippen LogP contribution in [0, 0.1) is 0 Å². The van der Waals surface area contributed by atoms with Gasteiger partial charge in [0.25, 0.3) is 0 Å². The van der Waals surface area contributed by atoms with Gasteiger partial charge in [-0.1, -0.05) is 18.2 Å². The van der Waals surface area contributed by atoms with E-state index in [4.69, 9.17) is 0 Å². The van der Waals surface area contributed by atoms with E-state index in [2.05, 4.69) is 25.8 Å². The summed E-state index contributed by atoms with van der Waals surface area (Å²) < 4.78 is 23.0. The summed E-state index contributed by atoms with van der Waals surface area (Å²) in [5.41, 5.74) is 1.99. The molecule has 3 N–H and O–H groups in total. The zero-order valence-corrected chi connectivity index (χ0v) is 19.8. The van der Waals surface area contributed by atoms with Gasteiger partial charge in [-0.05, 0) is 18.6 Å². The highest BCUT2D eigenvalue weighted by Crippen LogP contribution is 2.31. The van der Waals surface area contributed by atoms with Crippen molar-refractivity contribution in [2.75, 3.05) is 56.1 Å². The van der Waals surface area contributed by atoms with E-state index < -0.39 is 9.84 Å². The van der Waals surface area contributed by atoms with Crippen LogP contribution in [0.1, 0.15) is 24.8 Å². The molecule has 0 saturated carbocycles.